The van der Waals surface area contributed by atoms with Crippen LogP contribution in [0.2, 0.25) is 5.02 Å². The molecule has 29 heavy (non-hydrogen) atoms. The van der Waals surface area contributed by atoms with Crippen molar-refractivity contribution in [2.24, 2.45) is 0 Å². The molecule has 3 aromatic rings. The normalized spacial score (nSPS) is 11.6. The van der Waals surface area contributed by atoms with Crippen LogP contribution in [0.1, 0.15) is 32.0 Å². The maximum atomic E-state index is 13.9. The van der Waals surface area contributed by atoms with Crippen molar-refractivity contribution >= 4 is 28.8 Å². The third-order valence-electron chi connectivity index (χ3n) is 3.90. The molecule has 0 bridgehead atoms. The summed E-state index contributed by atoms with van der Waals surface area (Å²) in [5.41, 5.74) is 0.342. The van der Waals surface area contributed by atoms with Crippen LogP contribution in [-0.2, 0) is 6.61 Å². The molecule has 1 N–H and O–H groups in total. The van der Waals surface area contributed by atoms with E-state index in [2.05, 4.69) is 10.3 Å². The summed E-state index contributed by atoms with van der Waals surface area (Å²) in [4.78, 5) is 17.1. The smallest absolute Gasteiger partial charge is 0.264 e. The van der Waals surface area contributed by atoms with Crippen molar-refractivity contribution in [3.8, 4) is 11.8 Å². The van der Waals surface area contributed by atoms with Crippen molar-refractivity contribution in [3.63, 3.8) is 0 Å². The summed E-state index contributed by atoms with van der Waals surface area (Å²) >= 11 is 6.93. The molecule has 148 valence electrons. The average molecular weight is 434 g/mol. The Morgan fingerprint density at radius 2 is 2.03 bits per heavy atom. The van der Waals surface area contributed by atoms with E-state index in [1.54, 1.807) is 31.2 Å². The van der Waals surface area contributed by atoms with Gasteiger partial charge in [0, 0.05) is 16.7 Å². The quantitative estimate of drug-likeness (QED) is 0.596. The lowest BCUT2D eigenvalue weighted by Crippen LogP contribution is -2.28. The highest BCUT2D eigenvalue weighted by atomic mass is 35.5. The number of halogens is 3. The molecule has 1 aromatic heterocycles. The van der Waals surface area contributed by atoms with E-state index in [1.165, 1.54) is 0 Å². The molecule has 1 unspecified atom stereocenters. The van der Waals surface area contributed by atoms with Gasteiger partial charge in [-0.1, -0.05) is 17.7 Å². The molecule has 5 nitrogen and oxygen atoms in total. The van der Waals surface area contributed by atoms with Crippen LogP contribution in [-0.4, -0.2) is 10.9 Å². The van der Waals surface area contributed by atoms with Crippen LogP contribution in [0.3, 0.4) is 0 Å². The third-order valence-corrected chi connectivity index (χ3v) is 5.28. The first-order chi connectivity index (χ1) is 13.9. The van der Waals surface area contributed by atoms with Crippen LogP contribution >= 0.6 is 22.9 Å². The lowest BCUT2D eigenvalue weighted by molar-refractivity contribution is 0.0948. The van der Waals surface area contributed by atoms with E-state index in [0.717, 1.165) is 23.5 Å². The second-order valence-corrected chi connectivity index (χ2v) is 7.49. The van der Waals surface area contributed by atoms with Crippen molar-refractivity contribution in [1.82, 2.24) is 10.3 Å². The first-order valence-corrected chi connectivity index (χ1v) is 9.57. The van der Waals surface area contributed by atoms with Crippen LogP contribution in [0.5, 0.6) is 5.75 Å². The highest BCUT2D eigenvalue weighted by molar-refractivity contribution is 7.13. The van der Waals surface area contributed by atoms with Gasteiger partial charge in [0.05, 0.1) is 11.8 Å². The van der Waals surface area contributed by atoms with E-state index in [-0.39, 0.29) is 17.0 Å². The fraction of sp³-hybridized carbons (Fsp3) is 0.150. The number of hydrogen-bond donors (Lipinski definition) is 1. The van der Waals surface area contributed by atoms with E-state index in [1.807, 2.05) is 6.07 Å². The molecular weight excluding hydrogens is 420 g/mol. The summed E-state index contributed by atoms with van der Waals surface area (Å²) in [6.07, 6.45) is 0. The van der Waals surface area contributed by atoms with E-state index in [4.69, 9.17) is 16.3 Å². The van der Waals surface area contributed by atoms with Gasteiger partial charge in [-0.05, 0) is 37.3 Å². The maximum absolute atomic E-state index is 13.9. The Morgan fingerprint density at radius 3 is 2.69 bits per heavy atom. The Balaban J connectivity index is 1.70. The van der Waals surface area contributed by atoms with Gasteiger partial charge < -0.3 is 10.1 Å². The van der Waals surface area contributed by atoms with Gasteiger partial charge >= 0.3 is 0 Å². The highest BCUT2D eigenvalue weighted by Crippen LogP contribution is 2.23. The number of nitrogens with one attached hydrogen (secondary N) is 1. The molecule has 0 saturated heterocycles. The summed E-state index contributed by atoms with van der Waals surface area (Å²) in [6.45, 7) is 1.80. The summed E-state index contributed by atoms with van der Waals surface area (Å²) < 4.78 is 32.6. The molecule has 0 saturated carbocycles. The van der Waals surface area contributed by atoms with Crippen LogP contribution in [0.25, 0.3) is 0 Å². The lowest BCUT2D eigenvalue weighted by Gasteiger charge is -2.12. The number of amides is 1. The molecule has 1 heterocycles. The van der Waals surface area contributed by atoms with Crippen LogP contribution in [0, 0.1) is 29.9 Å². The minimum absolute atomic E-state index is 0.115. The number of carbonyl (C=O) groups excluding carboxylic acids is 1. The van der Waals surface area contributed by atoms with Gasteiger partial charge in [0.2, 0.25) is 0 Å². The number of ether oxygens (including phenoxy) is 1. The summed E-state index contributed by atoms with van der Waals surface area (Å²) in [6, 6.07) is 10.2. The predicted molar refractivity (Wildman–Crippen MR) is 105 cm³/mol. The van der Waals surface area contributed by atoms with Gasteiger partial charge in [0.15, 0.2) is 0 Å². The number of aryl methyl sites for hydroxylation is 1. The van der Waals surface area contributed by atoms with Crippen molar-refractivity contribution in [2.45, 2.75) is 19.6 Å². The topological polar surface area (TPSA) is 75.0 Å². The van der Waals surface area contributed by atoms with E-state index in [9.17, 15) is 18.8 Å². The number of rotatable bonds is 6. The Bertz CT molecular complexity index is 1080. The molecular formula is C20H14ClF2N3O2S. The summed E-state index contributed by atoms with van der Waals surface area (Å²) in [5.74, 6) is -1.65. The Kier molecular flexibility index (Phi) is 6.42. The minimum atomic E-state index is -1.27. The fourth-order valence-corrected chi connectivity index (χ4v) is 3.52. The molecule has 0 aliphatic rings. The number of thiazole rings is 1. The molecule has 0 spiro atoms. The molecule has 0 aliphatic heterocycles. The van der Waals surface area contributed by atoms with Gasteiger partial charge in [-0.3, -0.25) is 4.79 Å². The van der Waals surface area contributed by atoms with E-state index in [0.29, 0.717) is 27.5 Å². The van der Waals surface area contributed by atoms with Crippen molar-refractivity contribution in [3.05, 3.63) is 80.3 Å². The molecule has 0 fully saturated rings. The Labute approximate surface area is 174 Å². The maximum Gasteiger partial charge on any atom is 0.264 e. The molecule has 9 heteroatoms. The van der Waals surface area contributed by atoms with Crippen molar-refractivity contribution in [2.75, 3.05) is 0 Å². The number of benzene rings is 2. The van der Waals surface area contributed by atoms with Crippen molar-refractivity contribution < 1.29 is 18.3 Å². The highest BCUT2D eigenvalue weighted by Gasteiger charge is 2.22. The van der Waals surface area contributed by atoms with Gasteiger partial charge in [-0.25, -0.2) is 13.8 Å². The fourth-order valence-electron chi connectivity index (χ4n) is 2.51. The molecule has 0 aliphatic carbocycles. The first kappa shape index (κ1) is 20.7. The van der Waals surface area contributed by atoms with Gasteiger partial charge in [-0.2, -0.15) is 5.26 Å². The number of nitrogens with zero attached hydrogens (tertiary/aromatic N) is 2. The molecule has 0 radical (unpaired) electrons. The number of hydrogen-bond acceptors (Lipinski definition) is 5. The Morgan fingerprint density at radius 1 is 1.31 bits per heavy atom. The second-order valence-electron chi connectivity index (χ2n) is 5.97. The zero-order chi connectivity index (χ0) is 21.0. The summed E-state index contributed by atoms with van der Waals surface area (Å²) in [5, 5.41) is 12.9. The predicted octanol–water partition coefficient (Wildman–Crippen LogP) is 4.96. The van der Waals surface area contributed by atoms with E-state index < -0.39 is 23.6 Å². The van der Waals surface area contributed by atoms with Crippen molar-refractivity contribution in [1.29, 1.82) is 5.26 Å². The van der Waals surface area contributed by atoms with Crippen LogP contribution in [0.4, 0.5) is 8.78 Å². The minimum Gasteiger partial charge on any atom is -0.486 e. The van der Waals surface area contributed by atoms with Gasteiger partial charge in [0.25, 0.3) is 5.91 Å². The standard InChI is InChI=1S/C20H14ClF2N3O2S/c1-11-19(29-18(25-11)10-28-14-5-2-12(21)3-6-14)20(27)26-17(9-24)15-7-4-13(22)8-16(15)23/h2-8,17H,10H2,1H3,(H,26,27). The number of aromatic nitrogens is 1. The third kappa shape index (κ3) is 5.08. The average Bonchev–Trinajstić information content (AvgIpc) is 3.07. The van der Waals surface area contributed by atoms with Crippen LogP contribution in [0.15, 0.2) is 42.5 Å². The number of carbonyl (C=O) groups is 1. The van der Waals surface area contributed by atoms with E-state index >= 15 is 0 Å². The molecule has 3 rings (SSSR count). The lowest BCUT2D eigenvalue weighted by atomic mass is 10.1. The SMILES string of the molecule is Cc1nc(COc2ccc(Cl)cc2)sc1C(=O)NC(C#N)c1ccc(F)cc1F. The van der Waals surface area contributed by atoms with Gasteiger partial charge in [-0.15, -0.1) is 11.3 Å². The van der Waals surface area contributed by atoms with Crippen LogP contribution < -0.4 is 10.1 Å². The summed E-state index contributed by atoms with van der Waals surface area (Å²) in [7, 11) is 0. The zero-order valence-corrected chi connectivity index (χ0v) is 16.7. The first-order valence-electron chi connectivity index (χ1n) is 8.37. The largest absolute Gasteiger partial charge is 0.486 e. The second kappa shape index (κ2) is 8.99. The number of nitriles is 1. The zero-order valence-electron chi connectivity index (χ0n) is 15.1. The molecule has 1 amide bonds. The monoisotopic (exact) mass is 433 g/mol. The Hall–Kier alpha value is -3.02. The molecule has 2 aromatic carbocycles. The molecule has 1 atom stereocenters. The van der Waals surface area contributed by atoms with Gasteiger partial charge in [0.1, 0.15) is 39.9 Å².